The number of rotatable bonds is 8. The summed E-state index contributed by atoms with van der Waals surface area (Å²) < 4.78 is 17.6. The highest BCUT2D eigenvalue weighted by atomic mass is 15.1. The van der Waals surface area contributed by atoms with E-state index < -0.39 is 0 Å². The summed E-state index contributed by atoms with van der Waals surface area (Å²) in [6, 6.07) is 66.3. The fourth-order valence-corrected chi connectivity index (χ4v) is 15.2. The molecule has 0 bridgehead atoms. The van der Waals surface area contributed by atoms with Crippen LogP contribution in [0, 0.1) is 82.7 Å². The summed E-state index contributed by atoms with van der Waals surface area (Å²) in [6.45, 7) is 37.8. The van der Waals surface area contributed by atoms with Gasteiger partial charge >= 0.3 is 0 Å². The van der Waals surface area contributed by atoms with Crippen LogP contribution in [0.2, 0.25) is 0 Å². The Hall–Kier alpha value is -12.3. The maximum atomic E-state index is 7.54. The van der Waals surface area contributed by atoms with Gasteiger partial charge < -0.3 is 18.3 Å². The lowest BCUT2D eigenvalue weighted by molar-refractivity contribution is -0.607. The van der Waals surface area contributed by atoms with Gasteiger partial charge in [-0.05, 0) is 167 Å². The summed E-state index contributed by atoms with van der Waals surface area (Å²) in [5.74, 6) is 3.85. The van der Waals surface area contributed by atoms with Crippen LogP contribution < -0.4 is 18.3 Å². The summed E-state index contributed by atoms with van der Waals surface area (Å²) >= 11 is 0. The van der Waals surface area contributed by atoms with Crippen molar-refractivity contribution in [1.82, 2.24) is 38.2 Å². The molecule has 522 valence electrons. The van der Waals surface area contributed by atoms with Gasteiger partial charge in [-0.2, -0.15) is 4.57 Å². The highest BCUT2D eigenvalue weighted by Crippen LogP contribution is 2.39. The van der Waals surface area contributed by atoms with Gasteiger partial charge in [0.25, 0.3) is 23.3 Å². The zero-order valence-electron chi connectivity index (χ0n) is 63.8. The Bertz CT molecular complexity index is 6060. The van der Waals surface area contributed by atoms with Crippen LogP contribution in [0.1, 0.15) is 88.6 Å². The molecule has 0 fully saturated rings. The van der Waals surface area contributed by atoms with Gasteiger partial charge in [0.2, 0.25) is 0 Å². The van der Waals surface area contributed by atoms with E-state index in [2.05, 4.69) is 338 Å². The van der Waals surface area contributed by atoms with Gasteiger partial charge in [0.15, 0.2) is 5.69 Å². The van der Waals surface area contributed by atoms with Gasteiger partial charge in [0, 0.05) is 185 Å². The first-order valence-electron chi connectivity index (χ1n) is 35.9. The number of hydrogen-bond acceptors (Lipinski definition) is 4. The van der Waals surface area contributed by atoms with Crippen molar-refractivity contribution in [2.45, 2.75) is 102 Å². The normalized spacial score (nSPS) is 11.3. The summed E-state index contributed by atoms with van der Waals surface area (Å²) in [6.07, 6.45) is 15.6. The molecular formula is C92H93N13+4. The van der Waals surface area contributed by atoms with Crippen molar-refractivity contribution in [3.63, 3.8) is 0 Å². The second-order valence-electron chi connectivity index (χ2n) is 28.7. The average molecular weight is 1380 g/mol. The predicted molar refractivity (Wildman–Crippen MR) is 428 cm³/mol. The molecular weight excluding hydrogens is 1290 g/mol. The Labute approximate surface area is 617 Å². The van der Waals surface area contributed by atoms with Gasteiger partial charge in [-0.15, -0.1) is 0 Å². The SMILES string of the molecule is Cc1c(-c2cc3ccccc3n2C)cc(C(C)(C)C)cc1-[n+]1cccnc1C.Cc1cc(-c2cc3ccccc3n2C)c(C)c(-[n+]2cccnc2C)c1.Cc1cc(C)c(-[n+]2cccnc2C)c(C)c1-c1cc2ccccc2n1C.[C-]#[N+]c1cc(-c2cc3ccccc3n2C)c(C)c(-[n+]2cccnc2C)c1. The van der Waals surface area contributed by atoms with Crippen LogP contribution in [0.25, 0.3) is 116 Å². The molecule has 0 amide bonds. The molecule has 16 aromatic rings. The molecule has 8 aromatic carbocycles. The first-order chi connectivity index (χ1) is 50.4. The highest BCUT2D eigenvalue weighted by Gasteiger charge is 2.27. The van der Waals surface area contributed by atoms with E-state index in [-0.39, 0.29) is 5.41 Å². The number of nitrogens with zero attached hydrogens (tertiary/aromatic N) is 13. The lowest BCUT2D eigenvalue weighted by Gasteiger charge is -2.23. The molecule has 8 aromatic heterocycles. The first-order valence-corrected chi connectivity index (χ1v) is 35.9. The van der Waals surface area contributed by atoms with Crippen LogP contribution in [0.5, 0.6) is 0 Å². The number of benzene rings is 8. The van der Waals surface area contributed by atoms with Gasteiger partial charge in [0.1, 0.15) is 72.3 Å². The van der Waals surface area contributed by atoms with E-state index in [1.54, 1.807) is 6.20 Å². The Morgan fingerprint density at radius 3 is 1.07 bits per heavy atom. The molecule has 0 radical (unpaired) electrons. The number of fused-ring (bicyclic) bond motifs is 4. The number of para-hydroxylation sites is 4. The lowest BCUT2D eigenvalue weighted by atomic mass is 9.84. The molecule has 0 atom stereocenters. The van der Waals surface area contributed by atoms with E-state index in [1.807, 2.05) is 79.6 Å². The Morgan fingerprint density at radius 1 is 0.343 bits per heavy atom. The van der Waals surface area contributed by atoms with Crippen molar-refractivity contribution >= 4 is 49.3 Å². The number of hydrogen-bond donors (Lipinski definition) is 0. The molecule has 0 aliphatic carbocycles. The van der Waals surface area contributed by atoms with E-state index in [1.165, 1.54) is 133 Å². The second-order valence-corrected chi connectivity index (χ2v) is 28.7. The van der Waals surface area contributed by atoms with Gasteiger partial charge in [-0.3, -0.25) is 0 Å². The fourth-order valence-electron chi connectivity index (χ4n) is 15.2. The molecule has 0 spiro atoms. The molecule has 0 unspecified atom stereocenters. The molecule has 13 nitrogen and oxygen atoms in total. The number of aryl methyl sites for hydroxylation is 11. The van der Waals surface area contributed by atoms with Crippen molar-refractivity contribution < 1.29 is 18.3 Å². The number of aromatic nitrogens is 12. The standard InChI is InChI=1S/C25H28N3.C23H24N3.C22H19N4.C22H22N3/c1-17-21(24-14-19-10-7-8-11-22(19)27(24)6)15-20(25(3,4)5)16-23(17)28-13-9-12-26-18(28)2;1-15-13-16(2)23(26-12-8-11-24-18(26)4)17(3)22(15)21-14-19-9-6-7-10-20(19)25(21)5;1-15-19(22-12-17-8-5-6-9-20(17)25(22)4)13-18(23-3)14-21(15)26-11-7-10-24-16(26)2;1-15-12-19(22-14-18-8-5-6-9-20(18)24(22)4)16(2)21(13-15)25-11-7-10-23-17(25)3/h7-16H,1-6H3;6-14H,1-5H3;5-14H,1-2,4H3;5-14H,1-4H3/q4*+1. The Kier molecular flexibility index (Phi) is 19.8. The van der Waals surface area contributed by atoms with Crippen LogP contribution in [0.3, 0.4) is 0 Å². The molecule has 0 saturated carbocycles. The topological polar surface area (TPSA) is 91.2 Å². The van der Waals surface area contributed by atoms with E-state index >= 15 is 0 Å². The smallest absolute Gasteiger partial charge is 0.300 e. The van der Waals surface area contributed by atoms with Crippen molar-refractivity contribution in [2.75, 3.05) is 0 Å². The largest absolute Gasteiger partial charge is 0.344 e. The maximum absolute atomic E-state index is 7.54. The fraction of sp³-hybridized carbons (Fsp3) is 0.207. The van der Waals surface area contributed by atoms with E-state index in [0.717, 1.165) is 45.8 Å². The minimum absolute atomic E-state index is 0.0540. The van der Waals surface area contributed by atoms with E-state index in [0.29, 0.717) is 5.69 Å². The van der Waals surface area contributed by atoms with Crippen molar-refractivity contribution in [1.29, 1.82) is 0 Å². The third kappa shape index (κ3) is 13.8. The summed E-state index contributed by atoms with van der Waals surface area (Å²) in [5.41, 5.74) is 30.1. The monoisotopic (exact) mass is 1380 g/mol. The average Bonchev–Trinajstić information content (AvgIpc) is 1.63. The quantitative estimate of drug-likeness (QED) is 0.112. The molecule has 0 saturated heterocycles. The molecule has 0 aliphatic heterocycles. The zero-order valence-corrected chi connectivity index (χ0v) is 63.8. The summed E-state index contributed by atoms with van der Waals surface area (Å²) in [5, 5.41) is 5.01. The maximum Gasteiger partial charge on any atom is 0.300 e. The lowest BCUT2D eigenvalue weighted by Crippen LogP contribution is -2.36. The zero-order chi connectivity index (χ0) is 74.3. The predicted octanol–water partition coefficient (Wildman–Crippen LogP) is 19.3. The molecule has 13 heteroatoms. The van der Waals surface area contributed by atoms with E-state index in [4.69, 9.17) is 6.57 Å². The van der Waals surface area contributed by atoms with Crippen molar-refractivity contribution in [3.05, 3.63) is 317 Å². The third-order valence-electron chi connectivity index (χ3n) is 20.8. The van der Waals surface area contributed by atoms with E-state index in [9.17, 15) is 0 Å². The van der Waals surface area contributed by atoms with Crippen LogP contribution in [0.15, 0.2) is 238 Å². The van der Waals surface area contributed by atoms with Crippen molar-refractivity contribution in [3.8, 4) is 67.8 Å². The second kappa shape index (κ2) is 29.2. The van der Waals surface area contributed by atoms with Gasteiger partial charge in [-0.25, -0.2) is 18.5 Å². The van der Waals surface area contributed by atoms with Crippen LogP contribution in [-0.2, 0) is 33.6 Å². The minimum Gasteiger partial charge on any atom is -0.344 e. The Balaban J connectivity index is 0.000000124. The third-order valence-corrected chi connectivity index (χ3v) is 20.8. The first kappa shape index (κ1) is 71.1. The highest BCUT2D eigenvalue weighted by molar-refractivity contribution is 5.92. The molecule has 0 aliphatic rings. The van der Waals surface area contributed by atoms with Crippen molar-refractivity contribution in [2.24, 2.45) is 28.2 Å². The molecule has 0 N–H and O–H groups in total. The molecule has 16 rings (SSSR count). The van der Waals surface area contributed by atoms with Crippen LogP contribution in [-0.4, -0.2) is 38.2 Å². The van der Waals surface area contributed by atoms with Gasteiger partial charge in [-0.1, -0.05) is 120 Å². The summed E-state index contributed by atoms with van der Waals surface area (Å²) in [4.78, 5) is 21.5. The van der Waals surface area contributed by atoms with Crippen LogP contribution >= 0.6 is 0 Å². The minimum atomic E-state index is 0.0540. The molecule has 8 heterocycles. The Morgan fingerprint density at radius 2 is 0.686 bits per heavy atom. The van der Waals surface area contributed by atoms with Gasteiger partial charge in [0.05, 0.1) is 6.57 Å². The van der Waals surface area contributed by atoms with Crippen LogP contribution in [0.4, 0.5) is 5.69 Å². The molecule has 105 heavy (non-hydrogen) atoms. The summed E-state index contributed by atoms with van der Waals surface area (Å²) in [7, 11) is 8.52.